The molecular weight excluding hydrogens is 277 g/mol. The standard InChI is InChI=1S/C19H22FNO/c1-13-3-4-15(9-14(13)2)19-6-5-17(20)10-16(19)12-22-18-7-8-21-11-18/h3-6,9-10,18,21H,7-8,11-12H2,1-2H3/t18-/m0/s1. The Morgan fingerprint density at radius 1 is 1.14 bits per heavy atom. The summed E-state index contributed by atoms with van der Waals surface area (Å²) in [4.78, 5) is 0. The first kappa shape index (κ1) is 15.2. The van der Waals surface area contributed by atoms with E-state index in [1.54, 1.807) is 6.07 Å². The summed E-state index contributed by atoms with van der Waals surface area (Å²) >= 11 is 0. The van der Waals surface area contributed by atoms with Crippen molar-refractivity contribution in [2.45, 2.75) is 33.0 Å². The van der Waals surface area contributed by atoms with Crippen LogP contribution in [0, 0.1) is 19.7 Å². The van der Waals surface area contributed by atoms with Crippen molar-refractivity contribution in [1.29, 1.82) is 0 Å². The molecule has 1 fully saturated rings. The molecule has 0 amide bonds. The Bertz CT molecular complexity index is 662. The summed E-state index contributed by atoms with van der Waals surface area (Å²) in [6.45, 7) is 6.53. The van der Waals surface area contributed by atoms with Crippen molar-refractivity contribution in [3.63, 3.8) is 0 Å². The molecule has 3 heteroatoms. The molecule has 0 saturated carbocycles. The number of aryl methyl sites for hydroxylation is 2. The van der Waals surface area contributed by atoms with Crippen molar-refractivity contribution in [3.05, 3.63) is 58.9 Å². The molecule has 3 rings (SSSR count). The monoisotopic (exact) mass is 299 g/mol. The Morgan fingerprint density at radius 3 is 2.73 bits per heavy atom. The molecule has 2 aromatic carbocycles. The van der Waals surface area contributed by atoms with E-state index in [9.17, 15) is 4.39 Å². The number of nitrogens with one attached hydrogen (secondary N) is 1. The molecule has 2 nitrogen and oxygen atoms in total. The molecular formula is C19H22FNO. The first-order chi connectivity index (χ1) is 10.6. The molecule has 1 N–H and O–H groups in total. The predicted octanol–water partition coefficient (Wildman–Crippen LogP) is 3.99. The Hall–Kier alpha value is -1.71. The fourth-order valence-electron chi connectivity index (χ4n) is 2.85. The molecule has 1 saturated heterocycles. The summed E-state index contributed by atoms with van der Waals surface area (Å²) < 4.78 is 19.6. The summed E-state index contributed by atoms with van der Waals surface area (Å²) in [7, 11) is 0. The Balaban J connectivity index is 1.87. The normalized spacial score (nSPS) is 17.9. The van der Waals surface area contributed by atoms with Crippen molar-refractivity contribution >= 4 is 0 Å². The molecule has 0 spiro atoms. The third-order valence-electron chi connectivity index (χ3n) is 4.37. The quantitative estimate of drug-likeness (QED) is 0.921. The number of benzene rings is 2. The van der Waals surface area contributed by atoms with Gasteiger partial charge in [0.15, 0.2) is 0 Å². The van der Waals surface area contributed by atoms with Gasteiger partial charge in [0.2, 0.25) is 0 Å². The van der Waals surface area contributed by atoms with Gasteiger partial charge in [0, 0.05) is 6.54 Å². The summed E-state index contributed by atoms with van der Waals surface area (Å²) in [6, 6.07) is 11.3. The van der Waals surface area contributed by atoms with Crippen LogP contribution in [-0.2, 0) is 11.3 Å². The smallest absolute Gasteiger partial charge is 0.123 e. The van der Waals surface area contributed by atoms with Crippen LogP contribution in [0.1, 0.15) is 23.1 Å². The SMILES string of the molecule is Cc1ccc(-c2ccc(F)cc2CO[C@H]2CCNC2)cc1C. The van der Waals surface area contributed by atoms with Gasteiger partial charge in [-0.1, -0.05) is 24.3 Å². The van der Waals surface area contributed by atoms with Gasteiger partial charge in [-0.3, -0.25) is 0 Å². The van der Waals surface area contributed by atoms with Gasteiger partial charge in [-0.2, -0.15) is 0 Å². The Kier molecular flexibility index (Phi) is 4.55. The molecule has 0 radical (unpaired) electrons. The maximum absolute atomic E-state index is 13.6. The van der Waals surface area contributed by atoms with Crippen LogP contribution in [0.2, 0.25) is 0 Å². The van der Waals surface area contributed by atoms with Crippen molar-refractivity contribution < 1.29 is 9.13 Å². The van der Waals surface area contributed by atoms with E-state index in [1.807, 2.05) is 6.07 Å². The van der Waals surface area contributed by atoms with Crippen molar-refractivity contribution in [3.8, 4) is 11.1 Å². The molecule has 0 aliphatic carbocycles. The zero-order valence-corrected chi connectivity index (χ0v) is 13.2. The van der Waals surface area contributed by atoms with Gasteiger partial charge in [-0.15, -0.1) is 0 Å². The molecule has 1 heterocycles. The minimum absolute atomic E-state index is 0.212. The van der Waals surface area contributed by atoms with E-state index in [2.05, 4.69) is 37.4 Å². The van der Waals surface area contributed by atoms with E-state index in [4.69, 9.17) is 4.74 Å². The van der Waals surface area contributed by atoms with E-state index in [1.165, 1.54) is 17.2 Å². The topological polar surface area (TPSA) is 21.3 Å². The van der Waals surface area contributed by atoms with E-state index in [0.29, 0.717) is 6.61 Å². The lowest BCUT2D eigenvalue weighted by Crippen LogP contribution is -2.16. The Labute approximate surface area is 131 Å². The molecule has 1 atom stereocenters. The minimum Gasteiger partial charge on any atom is -0.372 e. The van der Waals surface area contributed by atoms with Crippen LogP contribution in [-0.4, -0.2) is 19.2 Å². The first-order valence-electron chi connectivity index (χ1n) is 7.82. The van der Waals surface area contributed by atoms with Crippen LogP contribution in [0.25, 0.3) is 11.1 Å². The molecule has 1 aliphatic heterocycles. The lowest BCUT2D eigenvalue weighted by atomic mass is 9.96. The van der Waals surface area contributed by atoms with Crippen LogP contribution >= 0.6 is 0 Å². The van der Waals surface area contributed by atoms with Gasteiger partial charge in [0.05, 0.1) is 12.7 Å². The van der Waals surface area contributed by atoms with Crippen molar-refractivity contribution in [1.82, 2.24) is 5.32 Å². The van der Waals surface area contributed by atoms with Gasteiger partial charge in [0.25, 0.3) is 0 Å². The van der Waals surface area contributed by atoms with Crippen LogP contribution in [0.4, 0.5) is 4.39 Å². The number of ether oxygens (including phenoxy) is 1. The van der Waals surface area contributed by atoms with Gasteiger partial charge >= 0.3 is 0 Å². The summed E-state index contributed by atoms with van der Waals surface area (Å²) in [6.07, 6.45) is 1.25. The maximum atomic E-state index is 13.6. The average molecular weight is 299 g/mol. The second kappa shape index (κ2) is 6.59. The van der Waals surface area contributed by atoms with Gasteiger partial charge < -0.3 is 10.1 Å². The number of hydrogen-bond donors (Lipinski definition) is 1. The van der Waals surface area contributed by atoms with Crippen molar-refractivity contribution in [2.75, 3.05) is 13.1 Å². The van der Waals surface area contributed by atoms with E-state index in [-0.39, 0.29) is 11.9 Å². The number of rotatable bonds is 4. The highest BCUT2D eigenvalue weighted by Crippen LogP contribution is 2.27. The van der Waals surface area contributed by atoms with E-state index >= 15 is 0 Å². The van der Waals surface area contributed by atoms with Crippen LogP contribution < -0.4 is 5.32 Å². The van der Waals surface area contributed by atoms with E-state index < -0.39 is 0 Å². The number of hydrogen-bond acceptors (Lipinski definition) is 2. The van der Waals surface area contributed by atoms with Gasteiger partial charge in [0.1, 0.15) is 5.82 Å². The molecule has 0 unspecified atom stereocenters. The van der Waals surface area contributed by atoms with E-state index in [0.717, 1.165) is 36.2 Å². The summed E-state index contributed by atoms with van der Waals surface area (Å²) in [5, 5.41) is 3.28. The molecule has 22 heavy (non-hydrogen) atoms. The van der Waals surface area contributed by atoms with Gasteiger partial charge in [-0.05, 0) is 66.8 Å². The lowest BCUT2D eigenvalue weighted by molar-refractivity contribution is 0.0543. The van der Waals surface area contributed by atoms with Crippen LogP contribution in [0.15, 0.2) is 36.4 Å². The molecule has 116 valence electrons. The summed E-state index contributed by atoms with van der Waals surface area (Å²) in [5.41, 5.74) is 5.59. The predicted molar refractivity (Wildman–Crippen MR) is 87.4 cm³/mol. The van der Waals surface area contributed by atoms with Crippen LogP contribution in [0.5, 0.6) is 0 Å². The zero-order chi connectivity index (χ0) is 15.5. The number of halogens is 1. The fourth-order valence-corrected chi connectivity index (χ4v) is 2.85. The third-order valence-corrected chi connectivity index (χ3v) is 4.37. The lowest BCUT2D eigenvalue weighted by Gasteiger charge is -2.15. The minimum atomic E-state index is -0.212. The van der Waals surface area contributed by atoms with Crippen LogP contribution in [0.3, 0.4) is 0 Å². The third kappa shape index (κ3) is 3.37. The first-order valence-corrected chi connectivity index (χ1v) is 7.82. The molecule has 0 aromatic heterocycles. The largest absolute Gasteiger partial charge is 0.372 e. The highest BCUT2D eigenvalue weighted by Gasteiger charge is 2.16. The van der Waals surface area contributed by atoms with Crippen molar-refractivity contribution in [2.24, 2.45) is 0 Å². The average Bonchev–Trinajstić information content (AvgIpc) is 3.02. The molecule has 1 aliphatic rings. The zero-order valence-electron chi connectivity index (χ0n) is 13.2. The highest BCUT2D eigenvalue weighted by atomic mass is 19.1. The summed E-state index contributed by atoms with van der Waals surface area (Å²) in [5.74, 6) is -0.212. The maximum Gasteiger partial charge on any atom is 0.123 e. The highest BCUT2D eigenvalue weighted by molar-refractivity contribution is 5.68. The van der Waals surface area contributed by atoms with Gasteiger partial charge in [-0.25, -0.2) is 4.39 Å². The Morgan fingerprint density at radius 2 is 2.00 bits per heavy atom. The second-order valence-electron chi connectivity index (χ2n) is 6.03. The molecule has 0 bridgehead atoms. The molecule has 2 aromatic rings. The second-order valence-corrected chi connectivity index (χ2v) is 6.03. The fraction of sp³-hybridized carbons (Fsp3) is 0.368.